The average Bonchev–Trinajstić information content (AvgIpc) is 2.70. The summed E-state index contributed by atoms with van der Waals surface area (Å²) in [6, 6.07) is 3.67. The molecule has 0 radical (unpaired) electrons. The second kappa shape index (κ2) is 4.82. The minimum absolute atomic E-state index is 0.0682. The number of nitrogens with one attached hydrogen (secondary N) is 1. The topological polar surface area (TPSA) is 85.6 Å². The van der Waals surface area contributed by atoms with E-state index in [-0.39, 0.29) is 12.6 Å². The third-order valence-corrected chi connectivity index (χ3v) is 2.18. The highest BCUT2D eigenvalue weighted by Gasteiger charge is 2.17. The molecule has 1 amide bonds. The van der Waals surface area contributed by atoms with Crippen molar-refractivity contribution in [3.8, 4) is 0 Å². The van der Waals surface area contributed by atoms with Crippen molar-refractivity contribution in [1.29, 1.82) is 0 Å². The SMILES string of the molecule is CCOC(=O)C(=O)Nc1nc2cc(C)ccn2n1. The molecule has 0 aliphatic heterocycles. The lowest BCUT2D eigenvalue weighted by atomic mass is 10.3. The van der Waals surface area contributed by atoms with Crippen LogP contribution in [0.5, 0.6) is 0 Å². The van der Waals surface area contributed by atoms with Gasteiger partial charge in [0, 0.05) is 6.20 Å². The number of ether oxygens (including phenoxy) is 1. The number of aromatic nitrogens is 3. The van der Waals surface area contributed by atoms with Crippen molar-refractivity contribution in [1.82, 2.24) is 14.6 Å². The maximum Gasteiger partial charge on any atom is 0.397 e. The van der Waals surface area contributed by atoms with E-state index in [0.717, 1.165) is 5.56 Å². The van der Waals surface area contributed by atoms with Crippen molar-refractivity contribution >= 4 is 23.5 Å². The number of carbonyl (C=O) groups excluding carboxylic acids is 2. The number of hydrogen-bond acceptors (Lipinski definition) is 5. The summed E-state index contributed by atoms with van der Waals surface area (Å²) in [7, 11) is 0. The smallest absolute Gasteiger partial charge is 0.397 e. The van der Waals surface area contributed by atoms with E-state index < -0.39 is 11.9 Å². The Morgan fingerprint density at radius 3 is 3.00 bits per heavy atom. The molecule has 0 atom stereocenters. The zero-order valence-electron chi connectivity index (χ0n) is 10.0. The van der Waals surface area contributed by atoms with E-state index >= 15 is 0 Å². The molecule has 2 aromatic rings. The highest BCUT2D eigenvalue weighted by atomic mass is 16.5. The van der Waals surface area contributed by atoms with Crippen LogP contribution in [0.15, 0.2) is 18.3 Å². The van der Waals surface area contributed by atoms with Crippen LogP contribution in [0.25, 0.3) is 5.65 Å². The molecule has 0 fully saturated rings. The Hall–Kier alpha value is -2.44. The predicted molar refractivity (Wildman–Crippen MR) is 63.0 cm³/mol. The summed E-state index contributed by atoms with van der Waals surface area (Å²) < 4.78 is 6.06. The number of anilines is 1. The molecular weight excluding hydrogens is 236 g/mol. The Kier molecular flexibility index (Phi) is 3.22. The Labute approximate surface area is 103 Å². The summed E-state index contributed by atoms with van der Waals surface area (Å²) in [5, 5.41) is 6.28. The summed E-state index contributed by atoms with van der Waals surface area (Å²) in [6.45, 7) is 3.69. The van der Waals surface area contributed by atoms with E-state index in [1.54, 1.807) is 13.1 Å². The van der Waals surface area contributed by atoms with Crippen LogP contribution in [0, 0.1) is 6.92 Å². The van der Waals surface area contributed by atoms with Crippen LogP contribution in [0.4, 0.5) is 5.95 Å². The van der Waals surface area contributed by atoms with Gasteiger partial charge in [-0.15, -0.1) is 5.10 Å². The molecule has 0 aliphatic carbocycles. The van der Waals surface area contributed by atoms with Crippen LogP contribution >= 0.6 is 0 Å². The number of fused-ring (bicyclic) bond motifs is 1. The van der Waals surface area contributed by atoms with Gasteiger partial charge in [0.25, 0.3) is 0 Å². The summed E-state index contributed by atoms with van der Waals surface area (Å²) in [5.41, 5.74) is 1.62. The highest BCUT2D eigenvalue weighted by molar-refractivity contribution is 6.37. The maximum atomic E-state index is 11.4. The lowest BCUT2D eigenvalue weighted by Crippen LogP contribution is -2.25. The molecule has 0 aromatic carbocycles. The van der Waals surface area contributed by atoms with Crippen molar-refractivity contribution in [2.75, 3.05) is 11.9 Å². The Morgan fingerprint density at radius 2 is 2.28 bits per heavy atom. The first kappa shape index (κ1) is 12.0. The van der Waals surface area contributed by atoms with Gasteiger partial charge in [-0.3, -0.25) is 10.1 Å². The first-order valence-corrected chi connectivity index (χ1v) is 5.41. The predicted octanol–water partition coefficient (Wildman–Crippen LogP) is 0.539. The molecule has 94 valence electrons. The quantitative estimate of drug-likeness (QED) is 0.619. The summed E-state index contributed by atoms with van der Waals surface area (Å²) in [6.07, 6.45) is 1.72. The van der Waals surface area contributed by atoms with Crippen LogP contribution in [0.3, 0.4) is 0 Å². The molecule has 0 unspecified atom stereocenters. The first-order chi connectivity index (χ1) is 8.60. The first-order valence-electron chi connectivity index (χ1n) is 5.41. The molecule has 2 aromatic heterocycles. The molecule has 2 heterocycles. The van der Waals surface area contributed by atoms with Crippen LogP contribution in [0.1, 0.15) is 12.5 Å². The third kappa shape index (κ3) is 2.45. The zero-order valence-corrected chi connectivity index (χ0v) is 10.0. The number of pyridine rings is 1. The van der Waals surface area contributed by atoms with Gasteiger partial charge in [0.15, 0.2) is 5.65 Å². The van der Waals surface area contributed by atoms with Crippen LogP contribution in [-0.4, -0.2) is 33.1 Å². The van der Waals surface area contributed by atoms with Gasteiger partial charge in [-0.1, -0.05) is 0 Å². The van der Waals surface area contributed by atoms with Crippen LogP contribution in [0.2, 0.25) is 0 Å². The number of aryl methyl sites for hydroxylation is 1. The number of nitrogens with zero attached hydrogens (tertiary/aromatic N) is 3. The Balaban J connectivity index is 2.17. The van der Waals surface area contributed by atoms with Gasteiger partial charge in [-0.25, -0.2) is 9.31 Å². The molecule has 0 aliphatic rings. The lowest BCUT2D eigenvalue weighted by molar-refractivity contribution is -0.152. The molecule has 7 nitrogen and oxygen atoms in total. The number of rotatable bonds is 2. The second-order valence-corrected chi connectivity index (χ2v) is 3.62. The van der Waals surface area contributed by atoms with Crippen molar-refractivity contribution < 1.29 is 14.3 Å². The van der Waals surface area contributed by atoms with Gasteiger partial charge in [0.1, 0.15) is 0 Å². The van der Waals surface area contributed by atoms with E-state index in [2.05, 4.69) is 20.1 Å². The van der Waals surface area contributed by atoms with Gasteiger partial charge in [0.2, 0.25) is 5.95 Å². The van der Waals surface area contributed by atoms with Crippen molar-refractivity contribution in [3.63, 3.8) is 0 Å². The largest absolute Gasteiger partial charge is 0.459 e. The molecule has 0 spiro atoms. The van der Waals surface area contributed by atoms with E-state index in [9.17, 15) is 9.59 Å². The third-order valence-electron chi connectivity index (χ3n) is 2.18. The van der Waals surface area contributed by atoms with Crippen LogP contribution in [-0.2, 0) is 14.3 Å². The van der Waals surface area contributed by atoms with Gasteiger partial charge >= 0.3 is 11.9 Å². The van der Waals surface area contributed by atoms with Crippen LogP contribution < -0.4 is 5.32 Å². The number of esters is 1. The number of hydrogen-bond donors (Lipinski definition) is 1. The maximum absolute atomic E-state index is 11.4. The van der Waals surface area contributed by atoms with E-state index in [1.165, 1.54) is 4.52 Å². The minimum atomic E-state index is -0.951. The Morgan fingerprint density at radius 1 is 1.50 bits per heavy atom. The highest BCUT2D eigenvalue weighted by Crippen LogP contribution is 2.07. The summed E-state index contributed by atoms with van der Waals surface area (Å²) in [5.74, 6) is -1.77. The summed E-state index contributed by atoms with van der Waals surface area (Å²) in [4.78, 5) is 26.6. The Bertz CT molecular complexity index is 605. The zero-order chi connectivity index (χ0) is 13.1. The fourth-order valence-electron chi connectivity index (χ4n) is 1.39. The second-order valence-electron chi connectivity index (χ2n) is 3.62. The van der Waals surface area contributed by atoms with E-state index in [4.69, 9.17) is 0 Å². The van der Waals surface area contributed by atoms with E-state index in [1.807, 2.05) is 19.1 Å². The molecule has 18 heavy (non-hydrogen) atoms. The average molecular weight is 248 g/mol. The molecule has 1 N–H and O–H groups in total. The van der Waals surface area contributed by atoms with Gasteiger partial charge in [-0.05, 0) is 31.5 Å². The van der Waals surface area contributed by atoms with Crippen molar-refractivity contribution in [2.45, 2.75) is 13.8 Å². The normalized spacial score (nSPS) is 10.3. The lowest BCUT2D eigenvalue weighted by Gasteiger charge is -1.99. The minimum Gasteiger partial charge on any atom is -0.459 e. The fourth-order valence-corrected chi connectivity index (χ4v) is 1.39. The molecule has 7 heteroatoms. The molecule has 2 rings (SSSR count). The molecule has 0 saturated heterocycles. The number of amides is 1. The van der Waals surface area contributed by atoms with Gasteiger partial charge in [0.05, 0.1) is 6.61 Å². The fraction of sp³-hybridized carbons (Fsp3) is 0.273. The standard InChI is InChI=1S/C11H12N4O3/c1-3-18-10(17)9(16)13-11-12-8-6-7(2)4-5-15(8)14-11/h4-6H,3H2,1-2H3,(H,13,14,16). The summed E-state index contributed by atoms with van der Waals surface area (Å²) >= 11 is 0. The monoisotopic (exact) mass is 248 g/mol. The van der Waals surface area contributed by atoms with Gasteiger partial charge in [-0.2, -0.15) is 4.98 Å². The van der Waals surface area contributed by atoms with Gasteiger partial charge < -0.3 is 4.74 Å². The molecule has 0 saturated carbocycles. The van der Waals surface area contributed by atoms with Crippen molar-refractivity contribution in [2.24, 2.45) is 0 Å². The molecule has 0 bridgehead atoms. The van der Waals surface area contributed by atoms with Crippen molar-refractivity contribution in [3.05, 3.63) is 23.9 Å². The van der Waals surface area contributed by atoms with E-state index in [0.29, 0.717) is 5.65 Å². The number of carbonyl (C=O) groups is 2. The molecular formula is C11H12N4O3.